The van der Waals surface area contributed by atoms with Crippen LogP contribution >= 0.6 is 0 Å². The molecular formula is C38H26N4. The van der Waals surface area contributed by atoms with Crippen LogP contribution in [0.4, 0.5) is 5.69 Å². The number of pyridine rings is 1. The van der Waals surface area contributed by atoms with Gasteiger partial charge in [-0.15, -0.1) is 0 Å². The Labute approximate surface area is 243 Å². The molecule has 42 heavy (non-hydrogen) atoms. The van der Waals surface area contributed by atoms with Crippen LogP contribution in [0.25, 0.3) is 71.1 Å². The molecule has 0 N–H and O–H groups in total. The molecule has 3 aromatic heterocycles. The van der Waals surface area contributed by atoms with Crippen LogP contribution in [-0.4, -0.2) is 14.1 Å². The van der Waals surface area contributed by atoms with Crippen LogP contribution in [0, 0.1) is 20.4 Å². The van der Waals surface area contributed by atoms with Crippen LogP contribution < -0.4 is 0 Å². The van der Waals surface area contributed by atoms with E-state index in [0.29, 0.717) is 5.69 Å². The molecule has 0 aliphatic heterocycles. The first-order valence-corrected chi connectivity index (χ1v) is 14.1. The van der Waals surface area contributed by atoms with Crippen molar-refractivity contribution in [3.05, 3.63) is 144 Å². The zero-order chi connectivity index (χ0) is 28.4. The maximum atomic E-state index is 8.01. The van der Waals surface area contributed by atoms with Gasteiger partial charge in [0, 0.05) is 33.3 Å². The largest absolute Gasteiger partial charge is 0.305 e. The van der Waals surface area contributed by atoms with Gasteiger partial charge in [0.2, 0.25) is 0 Å². The lowest BCUT2D eigenvalue weighted by Crippen LogP contribution is -2.08. The Morgan fingerprint density at radius 2 is 1.10 bits per heavy atom. The number of aryl methyl sites for hydroxylation is 2. The van der Waals surface area contributed by atoms with Crippen molar-refractivity contribution in [1.82, 2.24) is 14.1 Å². The summed E-state index contributed by atoms with van der Waals surface area (Å²) in [6.45, 7) is 12.3. The fourth-order valence-electron chi connectivity index (χ4n) is 6.68. The molecule has 8 rings (SSSR count). The molecule has 0 atom stereocenters. The van der Waals surface area contributed by atoms with Gasteiger partial charge in [-0.2, -0.15) is 0 Å². The molecule has 5 aromatic carbocycles. The Balaban J connectivity index is 1.64. The Morgan fingerprint density at radius 1 is 0.548 bits per heavy atom. The number of fused-ring (bicyclic) bond motifs is 6. The molecule has 0 saturated carbocycles. The highest BCUT2D eigenvalue weighted by Gasteiger charge is 2.25. The summed E-state index contributed by atoms with van der Waals surface area (Å²) < 4.78 is 4.69. The lowest BCUT2D eigenvalue weighted by molar-refractivity contribution is 1.02. The Morgan fingerprint density at radius 3 is 1.76 bits per heavy atom. The second kappa shape index (κ2) is 9.19. The monoisotopic (exact) mass is 538 g/mol. The van der Waals surface area contributed by atoms with Crippen molar-refractivity contribution in [2.75, 3.05) is 0 Å². The number of aromatic nitrogens is 3. The molecule has 0 bridgehead atoms. The van der Waals surface area contributed by atoms with Gasteiger partial charge in [0.1, 0.15) is 0 Å². The van der Waals surface area contributed by atoms with E-state index < -0.39 is 0 Å². The molecule has 8 aromatic rings. The maximum Gasteiger partial charge on any atom is 0.194 e. The van der Waals surface area contributed by atoms with E-state index in [1.165, 1.54) is 32.7 Å². The van der Waals surface area contributed by atoms with Gasteiger partial charge >= 0.3 is 0 Å². The Hall–Kier alpha value is -5.66. The predicted octanol–water partition coefficient (Wildman–Crippen LogP) is 10.1. The Bertz CT molecular complexity index is 2400. The second-order valence-electron chi connectivity index (χ2n) is 10.8. The van der Waals surface area contributed by atoms with E-state index in [9.17, 15) is 0 Å². The van der Waals surface area contributed by atoms with Gasteiger partial charge in [-0.1, -0.05) is 97.1 Å². The number of hydrogen-bond donors (Lipinski definition) is 0. The maximum absolute atomic E-state index is 8.01. The van der Waals surface area contributed by atoms with Gasteiger partial charge in [-0.3, -0.25) is 4.57 Å². The van der Waals surface area contributed by atoms with Crippen molar-refractivity contribution in [3.8, 4) is 22.6 Å². The van der Waals surface area contributed by atoms with Crippen LogP contribution in [0.3, 0.4) is 0 Å². The van der Waals surface area contributed by atoms with E-state index in [2.05, 4.69) is 119 Å². The van der Waals surface area contributed by atoms with Crippen LogP contribution in [0.2, 0.25) is 0 Å². The first kappa shape index (κ1) is 24.2. The molecule has 0 saturated heterocycles. The summed E-state index contributed by atoms with van der Waals surface area (Å²) in [4.78, 5) is 9.10. The molecule has 4 nitrogen and oxygen atoms in total. The van der Waals surface area contributed by atoms with Crippen molar-refractivity contribution in [3.63, 3.8) is 0 Å². The lowest BCUT2D eigenvalue weighted by Gasteiger charge is -2.21. The van der Waals surface area contributed by atoms with Gasteiger partial charge in [0.15, 0.2) is 11.5 Å². The predicted molar refractivity (Wildman–Crippen MR) is 174 cm³/mol. The van der Waals surface area contributed by atoms with E-state index in [1.54, 1.807) is 0 Å². The molecule has 0 amide bonds. The number of nitrogens with zero attached hydrogens (tertiary/aromatic N) is 4. The topological polar surface area (TPSA) is 27.1 Å². The van der Waals surface area contributed by atoms with Crippen molar-refractivity contribution >= 4 is 49.3 Å². The van der Waals surface area contributed by atoms with Crippen molar-refractivity contribution in [2.45, 2.75) is 13.8 Å². The van der Waals surface area contributed by atoms with Gasteiger partial charge in [-0.25, -0.2) is 9.83 Å². The molecule has 0 fully saturated rings. The van der Waals surface area contributed by atoms with Crippen LogP contribution in [-0.2, 0) is 0 Å². The highest BCUT2D eigenvalue weighted by Crippen LogP contribution is 2.43. The quantitative estimate of drug-likeness (QED) is 0.206. The van der Waals surface area contributed by atoms with E-state index in [4.69, 9.17) is 11.6 Å². The number of para-hydroxylation sites is 5. The smallest absolute Gasteiger partial charge is 0.194 e. The van der Waals surface area contributed by atoms with Gasteiger partial charge in [-0.05, 0) is 48.7 Å². The first-order valence-electron chi connectivity index (χ1n) is 14.1. The summed E-state index contributed by atoms with van der Waals surface area (Å²) >= 11 is 0. The zero-order valence-electron chi connectivity index (χ0n) is 23.3. The molecule has 0 spiro atoms. The fraction of sp³-hybridized carbons (Fsp3) is 0.0526. The molecular weight excluding hydrogens is 512 g/mol. The van der Waals surface area contributed by atoms with Gasteiger partial charge < -0.3 is 4.57 Å². The lowest BCUT2D eigenvalue weighted by atomic mass is 10.0. The van der Waals surface area contributed by atoms with Crippen molar-refractivity contribution in [1.29, 1.82) is 0 Å². The number of benzene rings is 5. The second-order valence-corrected chi connectivity index (χ2v) is 10.8. The highest BCUT2D eigenvalue weighted by molar-refractivity contribution is 6.13. The molecule has 0 unspecified atom stereocenters. The van der Waals surface area contributed by atoms with E-state index in [0.717, 1.165) is 44.7 Å². The van der Waals surface area contributed by atoms with Crippen LogP contribution in [0.1, 0.15) is 11.1 Å². The van der Waals surface area contributed by atoms with Gasteiger partial charge in [0.25, 0.3) is 0 Å². The molecule has 0 aliphatic rings. The third-order valence-corrected chi connectivity index (χ3v) is 8.45. The summed E-state index contributed by atoms with van der Waals surface area (Å²) in [6.07, 6.45) is 1.88. The SMILES string of the molecule is [C-]#[N+]c1ccccc1-c1ccnc(-n2c3ccccc3c3cccc(C)c32)c1-n1c2ccccc2c2cccc(C)c21. The molecule has 0 aliphatic carbocycles. The standard InChI is InChI=1S/C38H26N4/c1-24-12-10-17-29-27-15-5-8-20-33(27)41(35(24)29)37-31(26-14-4-7-19-32(26)39-3)22-23-40-38(37)42-34-21-9-6-16-28(34)30-18-11-13-25(2)36(30)42/h4-23H,1-2H3. The zero-order valence-corrected chi connectivity index (χ0v) is 23.3. The molecule has 198 valence electrons. The summed E-state index contributed by atoms with van der Waals surface area (Å²) in [7, 11) is 0. The summed E-state index contributed by atoms with van der Waals surface area (Å²) in [5.41, 5.74) is 10.3. The van der Waals surface area contributed by atoms with Gasteiger partial charge in [0.05, 0.1) is 34.3 Å². The minimum atomic E-state index is 0.617. The van der Waals surface area contributed by atoms with E-state index in [-0.39, 0.29) is 0 Å². The summed E-state index contributed by atoms with van der Waals surface area (Å²) in [5, 5.41) is 4.77. The van der Waals surface area contributed by atoms with Crippen LogP contribution in [0.5, 0.6) is 0 Å². The summed E-state index contributed by atoms with van der Waals surface area (Å²) in [5.74, 6) is 0.832. The normalized spacial score (nSPS) is 11.5. The average molecular weight is 539 g/mol. The van der Waals surface area contributed by atoms with E-state index in [1.807, 2.05) is 30.5 Å². The highest BCUT2D eigenvalue weighted by atomic mass is 15.1. The first-order chi connectivity index (χ1) is 20.7. The van der Waals surface area contributed by atoms with E-state index >= 15 is 0 Å². The number of hydrogen-bond acceptors (Lipinski definition) is 1. The number of rotatable bonds is 3. The van der Waals surface area contributed by atoms with Crippen molar-refractivity contribution < 1.29 is 0 Å². The third-order valence-electron chi connectivity index (χ3n) is 8.45. The molecule has 4 heteroatoms. The van der Waals surface area contributed by atoms with Crippen LogP contribution in [0.15, 0.2) is 121 Å². The third kappa shape index (κ3) is 3.31. The average Bonchev–Trinajstić information content (AvgIpc) is 3.55. The minimum absolute atomic E-state index is 0.617. The molecule has 3 heterocycles. The Kier molecular flexibility index (Phi) is 5.29. The fourth-order valence-corrected chi connectivity index (χ4v) is 6.68. The summed E-state index contributed by atoms with van der Waals surface area (Å²) in [6, 6.07) is 40.1. The minimum Gasteiger partial charge on any atom is -0.305 e. The van der Waals surface area contributed by atoms with Crippen molar-refractivity contribution in [2.24, 2.45) is 0 Å². The molecule has 0 radical (unpaired) electrons.